The van der Waals surface area contributed by atoms with Crippen LogP contribution in [0.15, 0.2) is 24.3 Å². The highest BCUT2D eigenvalue weighted by Crippen LogP contribution is 2.11. The zero-order valence-electron chi connectivity index (χ0n) is 13.1. The highest BCUT2D eigenvalue weighted by Gasteiger charge is 2.16. The Morgan fingerprint density at radius 1 is 1.29 bits per heavy atom. The minimum atomic E-state index is -0.182. The summed E-state index contributed by atoms with van der Waals surface area (Å²) in [4.78, 5) is 11.9. The number of hydrogen-bond donors (Lipinski definition) is 2. The van der Waals surface area contributed by atoms with Gasteiger partial charge in [-0.25, -0.2) is 0 Å². The standard InChI is InChI=1S/C16H26N2O2.ClH/c1-4-9-20-11-15-8-6-5-7-14(15)10-18-16(19)12(2)13(3)17;/h5-8,12-13H,4,9-11,17H2,1-3H3,(H,18,19);1H. The van der Waals surface area contributed by atoms with Crippen molar-refractivity contribution in [3.05, 3.63) is 35.4 Å². The molecule has 0 saturated carbocycles. The molecule has 0 radical (unpaired) electrons. The van der Waals surface area contributed by atoms with Gasteiger partial charge in [0.1, 0.15) is 0 Å². The van der Waals surface area contributed by atoms with Crippen molar-refractivity contribution in [2.75, 3.05) is 6.61 Å². The lowest BCUT2D eigenvalue weighted by Gasteiger charge is -2.16. The van der Waals surface area contributed by atoms with Gasteiger partial charge in [0.15, 0.2) is 0 Å². The first-order valence-corrected chi connectivity index (χ1v) is 7.24. The van der Waals surface area contributed by atoms with Crippen molar-refractivity contribution >= 4 is 18.3 Å². The zero-order valence-corrected chi connectivity index (χ0v) is 13.9. The third-order valence-corrected chi connectivity index (χ3v) is 3.38. The van der Waals surface area contributed by atoms with E-state index in [4.69, 9.17) is 10.5 Å². The number of amides is 1. The summed E-state index contributed by atoms with van der Waals surface area (Å²) in [5.41, 5.74) is 7.95. The first kappa shape index (κ1) is 19.9. The summed E-state index contributed by atoms with van der Waals surface area (Å²) in [7, 11) is 0. The van der Waals surface area contributed by atoms with Crippen molar-refractivity contribution in [3.8, 4) is 0 Å². The normalized spacial score (nSPS) is 13.1. The Morgan fingerprint density at radius 2 is 1.90 bits per heavy atom. The van der Waals surface area contributed by atoms with E-state index in [1.165, 1.54) is 0 Å². The van der Waals surface area contributed by atoms with Crippen LogP contribution in [-0.2, 0) is 22.7 Å². The van der Waals surface area contributed by atoms with Crippen molar-refractivity contribution in [2.24, 2.45) is 11.7 Å². The van der Waals surface area contributed by atoms with Crippen molar-refractivity contribution in [1.82, 2.24) is 5.32 Å². The van der Waals surface area contributed by atoms with Crippen LogP contribution in [-0.4, -0.2) is 18.6 Å². The molecule has 2 unspecified atom stereocenters. The molecular weight excluding hydrogens is 288 g/mol. The first-order chi connectivity index (χ1) is 9.56. The topological polar surface area (TPSA) is 64.3 Å². The summed E-state index contributed by atoms with van der Waals surface area (Å²) in [5, 5.41) is 2.94. The van der Waals surface area contributed by atoms with Crippen molar-refractivity contribution in [3.63, 3.8) is 0 Å². The van der Waals surface area contributed by atoms with Gasteiger partial charge in [-0.05, 0) is 24.5 Å². The number of benzene rings is 1. The van der Waals surface area contributed by atoms with Crippen molar-refractivity contribution in [1.29, 1.82) is 0 Å². The molecule has 0 bridgehead atoms. The Hall–Kier alpha value is -1.10. The lowest BCUT2D eigenvalue weighted by atomic mass is 10.0. The Labute approximate surface area is 133 Å². The van der Waals surface area contributed by atoms with Gasteiger partial charge in [0.05, 0.1) is 6.61 Å². The average Bonchev–Trinajstić information content (AvgIpc) is 2.45. The molecule has 0 heterocycles. The maximum atomic E-state index is 11.9. The van der Waals surface area contributed by atoms with E-state index < -0.39 is 0 Å². The predicted octanol–water partition coefficient (Wildman–Crippen LogP) is 2.63. The quantitative estimate of drug-likeness (QED) is 0.725. The Balaban J connectivity index is 0.00000400. The van der Waals surface area contributed by atoms with E-state index in [0.29, 0.717) is 13.2 Å². The van der Waals surface area contributed by atoms with E-state index >= 15 is 0 Å². The minimum Gasteiger partial charge on any atom is -0.377 e. The second-order valence-electron chi connectivity index (χ2n) is 5.19. The lowest BCUT2D eigenvalue weighted by molar-refractivity contribution is -0.125. The maximum Gasteiger partial charge on any atom is 0.224 e. The summed E-state index contributed by atoms with van der Waals surface area (Å²) in [5.74, 6) is -0.192. The second-order valence-corrected chi connectivity index (χ2v) is 5.19. The Morgan fingerprint density at radius 3 is 2.48 bits per heavy atom. The number of rotatable bonds is 8. The average molecular weight is 315 g/mol. The van der Waals surface area contributed by atoms with Gasteiger partial charge in [0.25, 0.3) is 0 Å². The van der Waals surface area contributed by atoms with Crippen LogP contribution in [0.5, 0.6) is 0 Å². The number of carbonyl (C=O) groups is 1. The fourth-order valence-corrected chi connectivity index (χ4v) is 1.78. The molecule has 1 aromatic rings. The molecule has 0 fully saturated rings. The molecule has 1 rings (SSSR count). The number of hydrogen-bond acceptors (Lipinski definition) is 3. The van der Waals surface area contributed by atoms with Crippen LogP contribution < -0.4 is 11.1 Å². The van der Waals surface area contributed by atoms with Crippen molar-refractivity contribution < 1.29 is 9.53 Å². The van der Waals surface area contributed by atoms with Crippen LogP contribution in [0.3, 0.4) is 0 Å². The molecule has 0 aliphatic heterocycles. The van der Waals surface area contributed by atoms with Crippen LogP contribution in [0.25, 0.3) is 0 Å². The Bertz CT molecular complexity index is 424. The molecule has 0 aliphatic carbocycles. The number of nitrogens with two attached hydrogens (primary N) is 1. The molecule has 120 valence electrons. The molecule has 0 aliphatic rings. The van der Waals surface area contributed by atoms with Gasteiger partial charge < -0.3 is 15.8 Å². The number of ether oxygens (including phenoxy) is 1. The predicted molar refractivity (Wildman–Crippen MR) is 88.3 cm³/mol. The molecule has 0 aromatic heterocycles. The smallest absolute Gasteiger partial charge is 0.224 e. The van der Waals surface area contributed by atoms with Crippen LogP contribution in [0.2, 0.25) is 0 Å². The fourth-order valence-electron chi connectivity index (χ4n) is 1.78. The molecule has 1 aromatic carbocycles. The van der Waals surface area contributed by atoms with Crippen LogP contribution >= 0.6 is 12.4 Å². The monoisotopic (exact) mass is 314 g/mol. The summed E-state index contributed by atoms with van der Waals surface area (Å²) < 4.78 is 5.57. The molecule has 2 atom stereocenters. The van der Waals surface area contributed by atoms with Gasteiger partial charge in [-0.3, -0.25) is 4.79 Å². The molecular formula is C16H27ClN2O2. The summed E-state index contributed by atoms with van der Waals surface area (Å²) in [6.07, 6.45) is 1.00. The largest absolute Gasteiger partial charge is 0.377 e. The van der Waals surface area contributed by atoms with E-state index in [-0.39, 0.29) is 30.3 Å². The molecule has 3 N–H and O–H groups in total. The van der Waals surface area contributed by atoms with E-state index in [9.17, 15) is 4.79 Å². The van der Waals surface area contributed by atoms with Crippen LogP contribution in [0.1, 0.15) is 38.3 Å². The number of nitrogens with one attached hydrogen (secondary N) is 1. The third kappa shape index (κ3) is 6.93. The zero-order chi connectivity index (χ0) is 15.0. The molecule has 4 nitrogen and oxygen atoms in total. The van der Waals surface area contributed by atoms with E-state index in [1.807, 2.05) is 38.1 Å². The van der Waals surface area contributed by atoms with Gasteiger partial charge in [-0.1, -0.05) is 38.1 Å². The molecule has 5 heteroatoms. The first-order valence-electron chi connectivity index (χ1n) is 7.24. The molecule has 1 amide bonds. The second kappa shape index (κ2) is 10.6. The van der Waals surface area contributed by atoms with E-state index in [0.717, 1.165) is 24.2 Å². The highest BCUT2D eigenvalue weighted by atomic mass is 35.5. The van der Waals surface area contributed by atoms with Gasteiger partial charge in [-0.15, -0.1) is 12.4 Å². The molecule has 0 saturated heterocycles. The summed E-state index contributed by atoms with van der Waals surface area (Å²) in [6.45, 7) is 7.63. The maximum absolute atomic E-state index is 11.9. The summed E-state index contributed by atoms with van der Waals surface area (Å²) in [6, 6.07) is 7.87. The van der Waals surface area contributed by atoms with Crippen LogP contribution in [0.4, 0.5) is 0 Å². The minimum absolute atomic E-state index is 0. The van der Waals surface area contributed by atoms with E-state index in [1.54, 1.807) is 0 Å². The third-order valence-electron chi connectivity index (χ3n) is 3.38. The number of halogens is 1. The number of carbonyl (C=O) groups excluding carboxylic acids is 1. The van der Waals surface area contributed by atoms with Crippen molar-refractivity contribution in [2.45, 2.75) is 46.4 Å². The highest BCUT2D eigenvalue weighted by molar-refractivity contribution is 5.85. The molecule has 21 heavy (non-hydrogen) atoms. The van der Waals surface area contributed by atoms with Gasteiger partial charge in [0, 0.05) is 25.1 Å². The van der Waals surface area contributed by atoms with E-state index in [2.05, 4.69) is 12.2 Å². The summed E-state index contributed by atoms with van der Waals surface area (Å²) >= 11 is 0. The molecule has 0 spiro atoms. The lowest BCUT2D eigenvalue weighted by Crippen LogP contribution is -2.38. The fraction of sp³-hybridized carbons (Fsp3) is 0.562. The van der Waals surface area contributed by atoms with Crippen LogP contribution in [0, 0.1) is 5.92 Å². The van der Waals surface area contributed by atoms with Gasteiger partial charge in [0.2, 0.25) is 5.91 Å². The van der Waals surface area contributed by atoms with Gasteiger partial charge >= 0.3 is 0 Å². The SMILES string of the molecule is CCCOCc1ccccc1CNC(=O)C(C)C(C)N.Cl. The Kier molecular flexibility index (Phi) is 10.0. The van der Waals surface area contributed by atoms with Gasteiger partial charge in [-0.2, -0.15) is 0 Å².